The number of anilines is 1. The summed E-state index contributed by atoms with van der Waals surface area (Å²) in [6.45, 7) is 5.01. The summed E-state index contributed by atoms with van der Waals surface area (Å²) in [7, 11) is 3.75. The lowest BCUT2D eigenvalue weighted by atomic mass is 10.1. The lowest BCUT2D eigenvalue weighted by Crippen LogP contribution is -2.34. The van der Waals surface area contributed by atoms with Crippen molar-refractivity contribution in [3.05, 3.63) is 23.8 Å². The molecule has 0 heterocycles. The van der Waals surface area contributed by atoms with Gasteiger partial charge in [-0.05, 0) is 25.0 Å². The Labute approximate surface area is 98.2 Å². The predicted molar refractivity (Wildman–Crippen MR) is 69.3 cm³/mol. The van der Waals surface area contributed by atoms with E-state index in [1.807, 2.05) is 6.92 Å². The molecule has 0 amide bonds. The zero-order valence-electron chi connectivity index (χ0n) is 10.7. The topological polar surface area (TPSA) is 38.5 Å². The van der Waals surface area contributed by atoms with Crippen LogP contribution in [-0.4, -0.2) is 26.7 Å². The molecule has 1 aromatic carbocycles. The third-order valence-electron chi connectivity index (χ3n) is 2.87. The number of aryl methyl sites for hydroxylation is 1. The third kappa shape index (κ3) is 3.14. The molecule has 16 heavy (non-hydrogen) atoms. The Morgan fingerprint density at radius 2 is 2.12 bits per heavy atom. The zero-order valence-corrected chi connectivity index (χ0v) is 10.7. The summed E-state index contributed by atoms with van der Waals surface area (Å²) in [6.07, 6.45) is 0.993. The van der Waals surface area contributed by atoms with Crippen LogP contribution < -0.4 is 15.4 Å². The molecule has 0 bridgehead atoms. The van der Waals surface area contributed by atoms with E-state index in [0.29, 0.717) is 0 Å². The van der Waals surface area contributed by atoms with Gasteiger partial charge in [0.2, 0.25) is 0 Å². The second-order valence-electron chi connectivity index (χ2n) is 4.20. The Morgan fingerprint density at radius 1 is 1.44 bits per heavy atom. The van der Waals surface area contributed by atoms with Crippen LogP contribution in [-0.2, 0) is 0 Å². The number of nitrogens with zero attached hydrogens (tertiary/aromatic N) is 1. The number of hydrogen-bond donors (Lipinski definition) is 1. The summed E-state index contributed by atoms with van der Waals surface area (Å²) in [5, 5.41) is 0. The SMILES string of the molecule is CCC(N)CN(C)c1ccc(C)c(OC)c1. The first-order valence-electron chi connectivity index (χ1n) is 5.69. The Hall–Kier alpha value is -1.22. The van der Waals surface area contributed by atoms with E-state index < -0.39 is 0 Å². The van der Waals surface area contributed by atoms with Crippen LogP contribution >= 0.6 is 0 Å². The van der Waals surface area contributed by atoms with Gasteiger partial charge in [0.05, 0.1) is 7.11 Å². The first-order chi connectivity index (χ1) is 7.58. The molecule has 0 spiro atoms. The molecule has 0 saturated carbocycles. The van der Waals surface area contributed by atoms with Gasteiger partial charge in [0.1, 0.15) is 5.75 Å². The molecular formula is C13H22N2O. The fraction of sp³-hybridized carbons (Fsp3) is 0.538. The highest BCUT2D eigenvalue weighted by molar-refractivity contribution is 5.53. The Kier molecular flexibility index (Phi) is 4.62. The molecule has 0 saturated heterocycles. The number of benzene rings is 1. The maximum Gasteiger partial charge on any atom is 0.123 e. The first kappa shape index (κ1) is 12.8. The van der Waals surface area contributed by atoms with E-state index in [0.717, 1.165) is 30.0 Å². The van der Waals surface area contributed by atoms with Crippen molar-refractivity contribution in [2.45, 2.75) is 26.3 Å². The average Bonchev–Trinajstić information content (AvgIpc) is 2.29. The fourth-order valence-electron chi connectivity index (χ4n) is 1.63. The molecule has 1 rings (SSSR count). The summed E-state index contributed by atoms with van der Waals surface area (Å²) in [6, 6.07) is 6.44. The van der Waals surface area contributed by atoms with Crippen LogP contribution in [0.2, 0.25) is 0 Å². The van der Waals surface area contributed by atoms with Gasteiger partial charge in [-0.3, -0.25) is 0 Å². The lowest BCUT2D eigenvalue weighted by molar-refractivity contribution is 0.411. The van der Waals surface area contributed by atoms with E-state index in [9.17, 15) is 0 Å². The van der Waals surface area contributed by atoms with Crippen LogP contribution in [0.1, 0.15) is 18.9 Å². The van der Waals surface area contributed by atoms with Crippen molar-refractivity contribution in [2.75, 3.05) is 25.6 Å². The number of rotatable bonds is 5. The quantitative estimate of drug-likeness (QED) is 0.830. The van der Waals surface area contributed by atoms with Gasteiger partial charge in [-0.15, -0.1) is 0 Å². The number of methoxy groups -OCH3 is 1. The van der Waals surface area contributed by atoms with Crippen molar-refractivity contribution in [2.24, 2.45) is 5.73 Å². The van der Waals surface area contributed by atoms with Gasteiger partial charge in [-0.25, -0.2) is 0 Å². The fourth-order valence-corrected chi connectivity index (χ4v) is 1.63. The summed E-state index contributed by atoms with van der Waals surface area (Å²) in [5.74, 6) is 0.925. The van der Waals surface area contributed by atoms with E-state index >= 15 is 0 Å². The molecule has 1 atom stereocenters. The third-order valence-corrected chi connectivity index (χ3v) is 2.87. The Morgan fingerprint density at radius 3 is 2.69 bits per heavy atom. The molecule has 3 nitrogen and oxygen atoms in total. The highest BCUT2D eigenvalue weighted by Crippen LogP contribution is 2.24. The van der Waals surface area contributed by atoms with E-state index in [1.54, 1.807) is 7.11 Å². The van der Waals surface area contributed by atoms with Crippen LogP contribution in [0.4, 0.5) is 5.69 Å². The number of nitrogens with two attached hydrogens (primary N) is 1. The summed E-state index contributed by atoms with van der Waals surface area (Å²) in [5.41, 5.74) is 8.24. The predicted octanol–water partition coefficient (Wildman–Crippen LogP) is 2.18. The van der Waals surface area contributed by atoms with Gasteiger partial charge >= 0.3 is 0 Å². The highest BCUT2D eigenvalue weighted by atomic mass is 16.5. The molecule has 3 heteroatoms. The standard InChI is InChI=1S/C13H22N2O/c1-5-11(14)9-15(3)12-7-6-10(2)13(8-12)16-4/h6-8,11H,5,9,14H2,1-4H3. The maximum absolute atomic E-state index is 5.94. The minimum atomic E-state index is 0.220. The monoisotopic (exact) mass is 222 g/mol. The van der Waals surface area contributed by atoms with E-state index in [2.05, 4.69) is 37.1 Å². The van der Waals surface area contributed by atoms with Gasteiger partial charge in [0, 0.05) is 31.4 Å². The normalized spacial score (nSPS) is 12.3. The van der Waals surface area contributed by atoms with Crippen LogP contribution in [0, 0.1) is 6.92 Å². The minimum Gasteiger partial charge on any atom is -0.496 e. The van der Waals surface area contributed by atoms with Crippen molar-refractivity contribution in [1.29, 1.82) is 0 Å². The summed E-state index contributed by atoms with van der Waals surface area (Å²) >= 11 is 0. The average molecular weight is 222 g/mol. The number of hydrogen-bond acceptors (Lipinski definition) is 3. The molecule has 2 N–H and O–H groups in total. The molecule has 0 fully saturated rings. The van der Waals surface area contributed by atoms with Gasteiger partial charge in [0.15, 0.2) is 0 Å². The molecule has 0 aliphatic carbocycles. The molecular weight excluding hydrogens is 200 g/mol. The van der Waals surface area contributed by atoms with E-state index in [4.69, 9.17) is 10.5 Å². The van der Waals surface area contributed by atoms with Crippen molar-refractivity contribution < 1.29 is 4.74 Å². The second-order valence-corrected chi connectivity index (χ2v) is 4.20. The van der Waals surface area contributed by atoms with Crippen molar-refractivity contribution >= 4 is 5.69 Å². The molecule has 1 aromatic rings. The molecule has 0 aliphatic rings. The van der Waals surface area contributed by atoms with Gasteiger partial charge < -0.3 is 15.4 Å². The van der Waals surface area contributed by atoms with Crippen molar-refractivity contribution in [1.82, 2.24) is 0 Å². The Bertz CT molecular complexity index is 339. The van der Waals surface area contributed by atoms with Gasteiger partial charge in [0.25, 0.3) is 0 Å². The molecule has 90 valence electrons. The minimum absolute atomic E-state index is 0.220. The summed E-state index contributed by atoms with van der Waals surface area (Å²) in [4.78, 5) is 2.16. The number of ether oxygens (including phenoxy) is 1. The maximum atomic E-state index is 5.94. The molecule has 0 aromatic heterocycles. The lowest BCUT2D eigenvalue weighted by Gasteiger charge is -2.23. The van der Waals surface area contributed by atoms with E-state index in [1.165, 1.54) is 0 Å². The molecule has 0 radical (unpaired) electrons. The smallest absolute Gasteiger partial charge is 0.123 e. The Balaban J connectivity index is 2.79. The van der Waals surface area contributed by atoms with Crippen LogP contribution in [0.3, 0.4) is 0 Å². The van der Waals surface area contributed by atoms with Crippen LogP contribution in [0.15, 0.2) is 18.2 Å². The van der Waals surface area contributed by atoms with E-state index in [-0.39, 0.29) is 6.04 Å². The highest BCUT2D eigenvalue weighted by Gasteiger charge is 2.07. The second kappa shape index (κ2) is 5.75. The van der Waals surface area contributed by atoms with Crippen LogP contribution in [0.5, 0.6) is 5.75 Å². The van der Waals surface area contributed by atoms with Crippen molar-refractivity contribution in [3.63, 3.8) is 0 Å². The molecule has 1 unspecified atom stereocenters. The molecule has 0 aliphatic heterocycles. The number of likely N-dealkylation sites (N-methyl/N-ethyl adjacent to an activating group) is 1. The zero-order chi connectivity index (χ0) is 12.1. The largest absolute Gasteiger partial charge is 0.496 e. The van der Waals surface area contributed by atoms with Gasteiger partial charge in [-0.2, -0.15) is 0 Å². The van der Waals surface area contributed by atoms with Crippen molar-refractivity contribution in [3.8, 4) is 5.75 Å². The first-order valence-corrected chi connectivity index (χ1v) is 5.69. The van der Waals surface area contributed by atoms with Gasteiger partial charge in [-0.1, -0.05) is 13.0 Å². The van der Waals surface area contributed by atoms with Crippen LogP contribution in [0.25, 0.3) is 0 Å². The summed E-state index contributed by atoms with van der Waals surface area (Å²) < 4.78 is 5.31.